The SMILES string of the molecule is CCOC(=O)c1ccccc1NCc1cc(Cl)ccc1Cl. The van der Waals surface area contributed by atoms with Gasteiger partial charge in [-0.2, -0.15) is 0 Å². The first-order valence-electron chi connectivity index (χ1n) is 6.55. The minimum atomic E-state index is -0.349. The van der Waals surface area contributed by atoms with Crippen molar-refractivity contribution in [1.29, 1.82) is 0 Å². The minimum absolute atomic E-state index is 0.341. The smallest absolute Gasteiger partial charge is 0.340 e. The van der Waals surface area contributed by atoms with Gasteiger partial charge in [0, 0.05) is 22.3 Å². The Bertz CT molecular complexity index is 644. The Morgan fingerprint density at radius 3 is 2.71 bits per heavy atom. The Labute approximate surface area is 133 Å². The number of esters is 1. The van der Waals surface area contributed by atoms with Gasteiger partial charge in [0.05, 0.1) is 12.2 Å². The molecule has 0 heterocycles. The first-order chi connectivity index (χ1) is 10.1. The average molecular weight is 324 g/mol. The van der Waals surface area contributed by atoms with Crippen molar-refractivity contribution in [3.05, 3.63) is 63.6 Å². The molecule has 0 aliphatic carbocycles. The molecule has 21 heavy (non-hydrogen) atoms. The Morgan fingerprint density at radius 1 is 1.19 bits per heavy atom. The Morgan fingerprint density at radius 2 is 1.95 bits per heavy atom. The molecule has 0 fully saturated rings. The molecule has 3 nitrogen and oxygen atoms in total. The second-order valence-corrected chi connectivity index (χ2v) is 5.20. The summed E-state index contributed by atoms with van der Waals surface area (Å²) >= 11 is 12.1. The van der Waals surface area contributed by atoms with Gasteiger partial charge < -0.3 is 10.1 Å². The summed E-state index contributed by atoms with van der Waals surface area (Å²) in [5.74, 6) is -0.349. The van der Waals surface area contributed by atoms with Crippen LogP contribution in [0.2, 0.25) is 10.0 Å². The maximum atomic E-state index is 11.9. The maximum Gasteiger partial charge on any atom is 0.340 e. The van der Waals surface area contributed by atoms with E-state index in [-0.39, 0.29) is 5.97 Å². The van der Waals surface area contributed by atoms with Crippen molar-refractivity contribution < 1.29 is 9.53 Å². The number of hydrogen-bond acceptors (Lipinski definition) is 3. The number of nitrogens with one attached hydrogen (secondary N) is 1. The van der Waals surface area contributed by atoms with Crippen molar-refractivity contribution in [2.24, 2.45) is 0 Å². The van der Waals surface area contributed by atoms with Crippen molar-refractivity contribution >= 4 is 34.9 Å². The quantitative estimate of drug-likeness (QED) is 0.804. The van der Waals surface area contributed by atoms with Gasteiger partial charge in [-0.25, -0.2) is 4.79 Å². The third kappa shape index (κ3) is 4.13. The number of rotatable bonds is 5. The predicted molar refractivity (Wildman–Crippen MR) is 86.2 cm³/mol. The first kappa shape index (κ1) is 15.7. The fraction of sp³-hybridized carbons (Fsp3) is 0.188. The third-order valence-electron chi connectivity index (χ3n) is 2.90. The largest absolute Gasteiger partial charge is 0.462 e. The van der Waals surface area contributed by atoms with Crippen LogP contribution < -0.4 is 5.32 Å². The van der Waals surface area contributed by atoms with Crippen molar-refractivity contribution in [1.82, 2.24) is 0 Å². The highest BCUT2D eigenvalue weighted by molar-refractivity contribution is 6.33. The van der Waals surface area contributed by atoms with E-state index in [0.717, 1.165) is 5.56 Å². The van der Waals surface area contributed by atoms with Crippen LogP contribution in [0.1, 0.15) is 22.8 Å². The summed E-state index contributed by atoms with van der Waals surface area (Å²) in [6.07, 6.45) is 0. The summed E-state index contributed by atoms with van der Waals surface area (Å²) in [4.78, 5) is 11.9. The van der Waals surface area contributed by atoms with E-state index in [9.17, 15) is 4.79 Å². The van der Waals surface area contributed by atoms with E-state index >= 15 is 0 Å². The van der Waals surface area contributed by atoms with Gasteiger partial charge in [0.15, 0.2) is 0 Å². The molecule has 5 heteroatoms. The summed E-state index contributed by atoms with van der Waals surface area (Å²) in [5.41, 5.74) is 2.06. The monoisotopic (exact) mass is 323 g/mol. The number of para-hydroxylation sites is 1. The lowest BCUT2D eigenvalue weighted by Crippen LogP contribution is -2.09. The van der Waals surface area contributed by atoms with Gasteiger partial charge >= 0.3 is 5.97 Å². The van der Waals surface area contributed by atoms with Gasteiger partial charge in [-0.3, -0.25) is 0 Å². The number of halogens is 2. The average Bonchev–Trinajstić information content (AvgIpc) is 2.49. The highest BCUT2D eigenvalue weighted by Gasteiger charge is 2.12. The van der Waals surface area contributed by atoms with E-state index in [0.29, 0.717) is 34.4 Å². The first-order valence-corrected chi connectivity index (χ1v) is 7.31. The van der Waals surface area contributed by atoms with Crippen molar-refractivity contribution in [2.75, 3.05) is 11.9 Å². The Hall–Kier alpha value is -1.71. The highest BCUT2D eigenvalue weighted by atomic mass is 35.5. The molecule has 0 radical (unpaired) electrons. The summed E-state index contributed by atoms with van der Waals surface area (Å²) in [7, 11) is 0. The molecular weight excluding hydrogens is 309 g/mol. The number of carbonyl (C=O) groups is 1. The molecule has 110 valence electrons. The molecule has 0 aliphatic heterocycles. The van der Waals surface area contributed by atoms with Crippen LogP contribution in [0.3, 0.4) is 0 Å². The fourth-order valence-electron chi connectivity index (χ4n) is 1.89. The van der Waals surface area contributed by atoms with E-state index in [2.05, 4.69) is 5.32 Å². The molecule has 0 spiro atoms. The van der Waals surface area contributed by atoms with Crippen LogP contribution in [0.25, 0.3) is 0 Å². The zero-order chi connectivity index (χ0) is 15.2. The number of carbonyl (C=O) groups excluding carboxylic acids is 1. The van der Waals surface area contributed by atoms with Crippen LogP contribution in [0.4, 0.5) is 5.69 Å². The molecule has 0 atom stereocenters. The number of ether oxygens (including phenoxy) is 1. The molecule has 0 amide bonds. The van der Waals surface area contributed by atoms with Crippen LogP contribution in [-0.2, 0) is 11.3 Å². The summed E-state index contributed by atoms with van der Waals surface area (Å²) in [6.45, 7) is 2.59. The zero-order valence-corrected chi connectivity index (χ0v) is 13.0. The van der Waals surface area contributed by atoms with Gasteiger partial charge in [0.2, 0.25) is 0 Å². The van der Waals surface area contributed by atoms with Crippen LogP contribution in [-0.4, -0.2) is 12.6 Å². The predicted octanol–water partition coefficient (Wildman–Crippen LogP) is 4.78. The molecule has 0 aliphatic rings. The van der Waals surface area contributed by atoms with Crippen molar-refractivity contribution in [3.8, 4) is 0 Å². The molecule has 1 N–H and O–H groups in total. The molecule has 0 unspecified atom stereocenters. The minimum Gasteiger partial charge on any atom is -0.462 e. The maximum absolute atomic E-state index is 11.9. The summed E-state index contributed by atoms with van der Waals surface area (Å²) < 4.78 is 5.04. The van der Waals surface area contributed by atoms with Crippen LogP contribution in [0.5, 0.6) is 0 Å². The lowest BCUT2D eigenvalue weighted by Gasteiger charge is -2.12. The molecule has 0 bridgehead atoms. The number of hydrogen-bond donors (Lipinski definition) is 1. The molecule has 2 rings (SSSR count). The molecule has 2 aromatic rings. The zero-order valence-electron chi connectivity index (χ0n) is 11.5. The van der Waals surface area contributed by atoms with Gasteiger partial charge in [-0.15, -0.1) is 0 Å². The molecule has 0 saturated carbocycles. The lowest BCUT2D eigenvalue weighted by atomic mass is 10.1. The van der Waals surface area contributed by atoms with Crippen molar-refractivity contribution in [3.63, 3.8) is 0 Å². The van der Waals surface area contributed by atoms with Crippen LogP contribution in [0, 0.1) is 0 Å². The lowest BCUT2D eigenvalue weighted by molar-refractivity contribution is 0.0527. The van der Waals surface area contributed by atoms with Gasteiger partial charge in [0.25, 0.3) is 0 Å². The normalized spacial score (nSPS) is 10.2. The van der Waals surface area contributed by atoms with Gasteiger partial charge in [-0.1, -0.05) is 35.3 Å². The second-order valence-electron chi connectivity index (χ2n) is 4.36. The Balaban J connectivity index is 2.16. The van der Waals surface area contributed by atoms with Crippen LogP contribution in [0.15, 0.2) is 42.5 Å². The van der Waals surface area contributed by atoms with Crippen molar-refractivity contribution in [2.45, 2.75) is 13.5 Å². The third-order valence-corrected chi connectivity index (χ3v) is 3.50. The van der Waals surface area contributed by atoms with Crippen LogP contribution >= 0.6 is 23.2 Å². The van der Waals surface area contributed by atoms with Gasteiger partial charge in [-0.05, 0) is 42.8 Å². The molecule has 0 aromatic heterocycles. The topological polar surface area (TPSA) is 38.3 Å². The van der Waals surface area contributed by atoms with E-state index < -0.39 is 0 Å². The Kier molecular flexibility index (Phi) is 5.48. The van der Waals surface area contributed by atoms with E-state index in [1.54, 1.807) is 37.3 Å². The molecule has 2 aromatic carbocycles. The number of anilines is 1. The molecular formula is C16H15Cl2NO2. The van der Waals surface area contributed by atoms with E-state index in [4.69, 9.17) is 27.9 Å². The summed E-state index contributed by atoms with van der Waals surface area (Å²) in [6, 6.07) is 12.5. The highest BCUT2D eigenvalue weighted by Crippen LogP contribution is 2.23. The summed E-state index contributed by atoms with van der Waals surface area (Å²) in [5, 5.41) is 4.44. The second kappa shape index (κ2) is 7.34. The molecule has 0 saturated heterocycles. The van der Waals surface area contributed by atoms with Gasteiger partial charge in [0.1, 0.15) is 0 Å². The van der Waals surface area contributed by atoms with E-state index in [1.807, 2.05) is 12.1 Å². The van der Waals surface area contributed by atoms with E-state index in [1.165, 1.54) is 0 Å². The standard InChI is InChI=1S/C16H15Cl2NO2/c1-2-21-16(20)13-5-3-4-6-15(13)19-10-11-9-12(17)7-8-14(11)18/h3-9,19H,2,10H2,1H3. The fourth-order valence-corrected chi connectivity index (χ4v) is 2.27. The number of benzene rings is 2.